The lowest BCUT2D eigenvalue weighted by molar-refractivity contribution is 0.544. The molecule has 1 aliphatic rings. The number of hydrogen-bond acceptors (Lipinski definition) is 1. The zero-order chi connectivity index (χ0) is 10.3. The predicted octanol–water partition coefficient (Wildman–Crippen LogP) is 3.97. The van der Waals surface area contributed by atoms with E-state index in [1.165, 1.54) is 18.4 Å². The molecular weight excluding hydrogens is 158 g/mol. The molecule has 0 amide bonds. The van der Waals surface area contributed by atoms with Crippen molar-refractivity contribution in [2.24, 2.45) is 10.9 Å². The van der Waals surface area contributed by atoms with Crippen molar-refractivity contribution in [3.05, 3.63) is 23.9 Å². The van der Waals surface area contributed by atoms with Crippen LogP contribution in [-0.4, -0.2) is 6.72 Å². The molecule has 0 saturated heterocycles. The SMILES string of the molecule is C=CC1=C(N=C)CCCC1C.CC. The lowest BCUT2D eigenvalue weighted by Crippen LogP contribution is -2.06. The zero-order valence-electron chi connectivity index (χ0n) is 9.14. The molecule has 74 valence electrons. The highest BCUT2D eigenvalue weighted by Crippen LogP contribution is 2.30. The van der Waals surface area contributed by atoms with Gasteiger partial charge in [-0.15, -0.1) is 0 Å². The van der Waals surface area contributed by atoms with Gasteiger partial charge in [0.05, 0.1) is 0 Å². The standard InChI is InChI=1S/C10H15N.C2H6/c1-4-9-8(2)6-5-7-10(9)11-3;1-2/h4,8H,1,3,5-7H2,2H3;1-2H3. The van der Waals surface area contributed by atoms with Crippen LogP contribution in [0, 0.1) is 5.92 Å². The average molecular weight is 179 g/mol. The summed E-state index contributed by atoms with van der Waals surface area (Å²) in [6, 6.07) is 0. The lowest BCUT2D eigenvalue weighted by atomic mass is 9.87. The van der Waals surface area contributed by atoms with Crippen molar-refractivity contribution in [3.8, 4) is 0 Å². The first-order valence-corrected chi connectivity index (χ1v) is 5.11. The summed E-state index contributed by atoms with van der Waals surface area (Å²) in [5.41, 5.74) is 2.45. The molecule has 13 heavy (non-hydrogen) atoms. The first-order chi connectivity index (χ1) is 6.29. The van der Waals surface area contributed by atoms with Gasteiger partial charge in [-0.1, -0.05) is 33.4 Å². The fourth-order valence-electron chi connectivity index (χ4n) is 1.65. The van der Waals surface area contributed by atoms with Gasteiger partial charge in [0.15, 0.2) is 0 Å². The predicted molar refractivity (Wildman–Crippen MR) is 61.1 cm³/mol. The Bertz CT molecular complexity index is 201. The highest BCUT2D eigenvalue weighted by Gasteiger charge is 2.15. The first-order valence-electron chi connectivity index (χ1n) is 5.11. The summed E-state index contributed by atoms with van der Waals surface area (Å²) in [5.74, 6) is 0.627. The Kier molecular flexibility index (Phi) is 6.21. The summed E-state index contributed by atoms with van der Waals surface area (Å²) < 4.78 is 0. The van der Waals surface area contributed by atoms with Crippen molar-refractivity contribution >= 4 is 6.72 Å². The van der Waals surface area contributed by atoms with Gasteiger partial charge in [-0.25, -0.2) is 0 Å². The molecule has 0 radical (unpaired) electrons. The molecule has 0 N–H and O–H groups in total. The zero-order valence-corrected chi connectivity index (χ0v) is 9.14. The van der Waals surface area contributed by atoms with Crippen LogP contribution in [0.1, 0.15) is 40.0 Å². The molecule has 0 fully saturated rings. The minimum absolute atomic E-state index is 0.627. The minimum atomic E-state index is 0.627. The van der Waals surface area contributed by atoms with Gasteiger partial charge in [0.1, 0.15) is 0 Å². The molecule has 1 aliphatic carbocycles. The normalized spacial score (nSPS) is 21.6. The van der Waals surface area contributed by atoms with Crippen LogP contribution in [0.25, 0.3) is 0 Å². The molecule has 0 aromatic carbocycles. The fraction of sp³-hybridized carbons (Fsp3) is 0.583. The Labute approximate surface area is 82.3 Å². The van der Waals surface area contributed by atoms with E-state index in [9.17, 15) is 0 Å². The molecule has 0 heterocycles. The largest absolute Gasteiger partial charge is 0.269 e. The van der Waals surface area contributed by atoms with Crippen LogP contribution in [0.3, 0.4) is 0 Å². The van der Waals surface area contributed by atoms with E-state index < -0.39 is 0 Å². The van der Waals surface area contributed by atoms with Crippen molar-refractivity contribution < 1.29 is 0 Å². The van der Waals surface area contributed by atoms with Gasteiger partial charge in [0.25, 0.3) is 0 Å². The Morgan fingerprint density at radius 2 is 2.08 bits per heavy atom. The van der Waals surface area contributed by atoms with Gasteiger partial charge in [0.2, 0.25) is 0 Å². The number of allylic oxidation sites excluding steroid dienone is 3. The second-order valence-electron chi connectivity index (χ2n) is 3.06. The summed E-state index contributed by atoms with van der Waals surface area (Å²) in [6.07, 6.45) is 5.51. The molecule has 1 rings (SSSR count). The number of rotatable bonds is 2. The van der Waals surface area contributed by atoms with E-state index in [0.717, 1.165) is 12.1 Å². The van der Waals surface area contributed by atoms with Crippen LogP contribution in [0.2, 0.25) is 0 Å². The van der Waals surface area contributed by atoms with E-state index >= 15 is 0 Å². The van der Waals surface area contributed by atoms with Crippen LogP contribution in [0.15, 0.2) is 28.9 Å². The van der Waals surface area contributed by atoms with Gasteiger partial charge < -0.3 is 0 Å². The molecule has 0 aromatic rings. The van der Waals surface area contributed by atoms with E-state index in [-0.39, 0.29) is 0 Å². The lowest BCUT2D eigenvalue weighted by Gasteiger charge is -2.20. The van der Waals surface area contributed by atoms with E-state index in [1.54, 1.807) is 0 Å². The van der Waals surface area contributed by atoms with Crippen LogP contribution in [0.5, 0.6) is 0 Å². The third kappa shape index (κ3) is 3.17. The van der Waals surface area contributed by atoms with Crippen molar-refractivity contribution in [1.82, 2.24) is 0 Å². The van der Waals surface area contributed by atoms with Crippen LogP contribution < -0.4 is 0 Å². The Morgan fingerprint density at radius 3 is 2.46 bits per heavy atom. The maximum Gasteiger partial charge on any atom is 0.0430 e. The Balaban J connectivity index is 0.000000671. The second kappa shape index (κ2) is 6.64. The highest BCUT2D eigenvalue weighted by molar-refractivity contribution is 5.35. The molecule has 0 aromatic heterocycles. The summed E-state index contributed by atoms with van der Waals surface area (Å²) in [5, 5.41) is 0. The van der Waals surface area contributed by atoms with Gasteiger partial charge in [-0.3, -0.25) is 4.99 Å². The summed E-state index contributed by atoms with van der Waals surface area (Å²) >= 11 is 0. The Morgan fingerprint density at radius 1 is 1.46 bits per heavy atom. The topological polar surface area (TPSA) is 12.4 Å². The summed E-state index contributed by atoms with van der Waals surface area (Å²) in [4.78, 5) is 4.01. The smallest absolute Gasteiger partial charge is 0.0430 e. The second-order valence-corrected chi connectivity index (χ2v) is 3.06. The highest BCUT2D eigenvalue weighted by atomic mass is 14.7. The molecule has 0 aliphatic heterocycles. The molecule has 1 heteroatoms. The maximum absolute atomic E-state index is 4.01. The average Bonchev–Trinajstić information content (AvgIpc) is 2.20. The van der Waals surface area contributed by atoms with Crippen molar-refractivity contribution in [2.75, 3.05) is 0 Å². The molecule has 0 bridgehead atoms. The summed E-state index contributed by atoms with van der Waals surface area (Å²) in [7, 11) is 0. The van der Waals surface area contributed by atoms with Gasteiger partial charge in [0, 0.05) is 5.70 Å². The van der Waals surface area contributed by atoms with Crippen LogP contribution in [0.4, 0.5) is 0 Å². The number of nitrogens with zero attached hydrogens (tertiary/aromatic N) is 1. The van der Waals surface area contributed by atoms with E-state index in [1.807, 2.05) is 19.9 Å². The van der Waals surface area contributed by atoms with E-state index in [0.29, 0.717) is 5.92 Å². The molecule has 1 nitrogen and oxygen atoms in total. The van der Waals surface area contributed by atoms with Gasteiger partial charge in [-0.2, -0.15) is 0 Å². The van der Waals surface area contributed by atoms with Crippen molar-refractivity contribution in [3.63, 3.8) is 0 Å². The Hall–Kier alpha value is -0.850. The third-order valence-corrected chi connectivity index (χ3v) is 2.33. The molecule has 1 atom stereocenters. The fourth-order valence-corrected chi connectivity index (χ4v) is 1.65. The van der Waals surface area contributed by atoms with E-state index in [2.05, 4.69) is 25.2 Å². The van der Waals surface area contributed by atoms with Gasteiger partial charge in [-0.05, 0) is 37.5 Å². The quantitative estimate of drug-likeness (QED) is 0.569. The van der Waals surface area contributed by atoms with E-state index in [4.69, 9.17) is 0 Å². The summed E-state index contributed by atoms with van der Waals surface area (Å²) in [6.45, 7) is 13.6. The minimum Gasteiger partial charge on any atom is -0.269 e. The monoisotopic (exact) mass is 179 g/mol. The third-order valence-electron chi connectivity index (χ3n) is 2.33. The molecule has 0 saturated carbocycles. The van der Waals surface area contributed by atoms with Gasteiger partial charge >= 0.3 is 0 Å². The first kappa shape index (κ1) is 12.2. The number of aliphatic imine (C=N–C) groups is 1. The molecule has 0 spiro atoms. The van der Waals surface area contributed by atoms with Crippen LogP contribution in [-0.2, 0) is 0 Å². The van der Waals surface area contributed by atoms with Crippen LogP contribution >= 0.6 is 0 Å². The molecule has 1 unspecified atom stereocenters. The number of hydrogen-bond donors (Lipinski definition) is 0. The maximum atomic E-state index is 4.01. The van der Waals surface area contributed by atoms with Crippen molar-refractivity contribution in [2.45, 2.75) is 40.0 Å². The van der Waals surface area contributed by atoms with Crippen molar-refractivity contribution in [1.29, 1.82) is 0 Å². The molecular formula is C12H21N.